The van der Waals surface area contributed by atoms with Gasteiger partial charge in [0, 0.05) is 12.6 Å². The number of rotatable bonds is 6. The number of hydrogen-bond donors (Lipinski definition) is 1. The van der Waals surface area contributed by atoms with Crippen LogP contribution in [0.1, 0.15) is 78.1 Å². The van der Waals surface area contributed by atoms with Gasteiger partial charge in [-0.05, 0) is 69.7 Å². The predicted octanol–water partition coefficient (Wildman–Crippen LogP) is 4.46. The van der Waals surface area contributed by atoms with Crippen LogP contribution in [0.3, 0.4) is 0 Å². The molecule has 0 spiro atoms. The second-order valence-corrected chi connectivity index (χ2v) is 7.82. The summed E-state index contributed by atoms with van der Waals surface area (Å²) in [4.78, 5) is 2.58. The lowest BCUT2D eigenvalue weighted by atomic mass is 9.77. The molecule has 2 saturated carbocycles. The van der Waals surface area contributed by atoms with E-state index in [0.717, 1.165) is 30.8 Å². The van der Waals surface area contributed by atoms with Crippen LogP contribution in [-0.4, -0.2) is 35.7 Å². The van der Waals surface area contributed by atoms with Gasteiger partial charge < -0.3 is 10.0 Å². The minimum absolute atomic E-state index is 0.0486. The van der Waals surface area contributed by atoms with E-state index in [1.165, 1.54) is 57.8 Å². The summed E-state index contributed by atoms with van der Waals surface area (Å²) in [7, 11) is 2.30. The molecule has 2 aliphatic rings. The van der Waals surface area contributed by atoms with Crippen molar-refractivity contribution in [1.82, 2.24) is 4.90 Å². The lowest BCUT2D eigenvalue weighted by Gasteiger charge is -2.40. The standard InChI is InChI=1S/C19H37NO/c1-4-6-16-9-12-19(21)17(13-16)14-20(3)18-10-7-15(5-2)8-11-18/h15-19,21H,4-14H2,1-3H3. The van der Waals surface area contributed by atoms with Gasteiger partial charge in [0.25, 0.3) is 0 Å². The van der Waals surface area contributed by atoms with Crippen LogP contribution in [0, 0.1) is 17.8 Å². The first-order valence-electron chi connectivity index (χ1n) is 9.52. The van der Waals surface area contributed by atoms with Crippen LogP contribution >= 0.6 is 0 Å². The number of nitrogens with zero attached hydrogens (tertiary/aromatic N) is 1. The lowest BCUT2D eigenvalue weighted by molar-refractivity contribution is 0.0182. The minimum atomic E-state index is -0.0486. The fraction of sp³-hybridized carbons (Fsp3) is 1.00. The Kier molecular flexibility index (Phi) is 7.01. The molecule has 0 radical (unpaired) electrons. The number of aliphatic hydroxyl groups is 1. The molecular formula is C19H37NO. The van der Waals surface area contributed by atoms with Crippen molar-refractivity contribution in [3.05, 3.63) is 0 Å². The molecule has 0 aliphatic heterocycles. The maximum atomic E-state index is 10.4. The van der Waals surface area contributed by atoms with Gasteiger partial charge in [0.15, 0.2) is 0 Å². The van der Waals surface area contributed by atoms with Gasteiger partial charge in [-0.15, -0.1) is 0 Å². The van der Waals surface area contributed by atoms with E-state index in [0.29, 0.717) is 5.92 Å². The van der Waals surface area contributed by atoms with Crippen LogP contribution in [0.2, 0.25) is 0 Å². The Labute approximate surface area is 132 Å². The van der Waals surface area contributed by atoms with Crippen LogP contribution in [0.25, 0.3) is 0 Å². The first kappa shape index (κ1) is 17.3. The highest BCUT2D eigenvalue weighted by molar-refractivity contribution is 4.84. The molecule has 2 heteroatoms. The Bertz CT molecular complexity index is 285. The van der Waals surface area contributed by atoms with Crippen LogP contribution in [0.5, 0.6) is 0 Å². The largest absolute Gasteiger partial charge is 0.393 e. The lowest BCUT2D eigenvalue weighted by Crippen LogP contribution is -2.42. The molecule has 0 aromatic rings. The van der Waals surface area contributed by atoms with Gasteiger partial charge in [0.2, 0.25) is 0 Å². The van der Waals surface area contributed by atoms with Crippen LogP contribution in [-0.2, 0) is 0 Å². The normalized spacial score (nSPS) is 37.9. The van der Waals surface area contributed by atoms with Crippen LogP contribution < -0.4 is 0 Å². The third-order valence-corrected chi connectivity index (χ3v) is 6.29. The van der Waals surface area contributed by atoms with Gasteiger partial charge in [-0.2, -0.15) is 0 Å². The van der Waals surface area contributed by atoms with E-state index < -0.39 is 0 Å². The quantitative estimate of drug-likeness (QED) is 0.782. The average molecular weight is 296 g/mol. The van der Waals surface area contributed by atoms with Crippen molar-refractivity contribution in [3.63, 3.8) is 0 Å². The zero-order chi connectivity index (χ0) is 15.2. The maximum Gasteiger partial charge on any atom is 0.0580 e. The van der Waals surface area contributed by atoms with Crippen molar-refractivity contribution in [2.24, 2.45) is 17.8 Å². The van der Waals surface area contributed by atoms with E-state index in [9.17, 15) is 5.11 Å². The fourth-order valence-corrected chi connectivity index (χ4v) is 4.72. The van der Waals surface area contributed by atoms with Crippen molar-refractivity contribution >= 4 is 0 Å². The predicted molar refractivity (Wildman–Crippen MR) is 90.4 cm³/mol. The van der Waals surface area contributed by atoms with Gasteiger partial charge in [-0.3, -0.25) is 0 Å². The molecule has 0 bridgehead atoms. The topological polar surface area (TPSA) is 23.5 Å². The van der Waals surface area contributed by atoms with Gasteiger partial charge in [-0.1, -0.05) is 33.1 Å². The van der Waals surface area contributed by atoms with Crippen LogP contribution in [0.4, 0.5) is 0 Å². The minimum Gasteiger partial charge on any atom is -0.393 e. The third kappa shape index (κ3) is 4.96. The summed E-state index contributed by atoms with van der Waals surface area (Å²) in [6, 6.07) is 0.770. The molecule has 2 fully saturated rings. The van der Waals surface area contributed by atoms with Crippen LogP contribution in [0.15, 0.2) is 0 Å². The summed E-state index contributed by atoms with van der Waals surface area (Å²) in [6.07, 6.45) is 13.1. The van der Waals surface area contributed by atoms with Crippen molar-refractivity contribution < 1.29 is 5.11 Å². The number of hydrogen-bond acceptors (Lipinski definition) is 2. The van der Waals surface area contributed by atoms with Gasteiger partial charge in [-0.25, -0.2) is 0 Å². The Hall–Kier alpha value is -0.0800. The molecule has 21 heavy (non-hydrogen) atoms. The molecule has 0 aromatic carbocycles. The summed E-state index contributed by atoms with van der Waals surface area (Å²) in [6.45, 7) is 5.74. The molecule has 0 heterocycles. The molecule has 2 aliphatic carbocycles. The van der Waals surface area contributed by atoms with Gasteiger partial charge in [0.05, 0.1) is 6.10 Å². The molecule has 3 atom stereocenters. The zero-order valence-electron chi connectivity index (χ0n) is 14.6. The van der Waals surface area contributed by atoms with Crippen molar-refractivity contribution in [2.75, 3.05) is 13.6 Å². The van der Waals surface area contributed by atoms with Crippen molar-refractivity contribution in [3.8, 4) is 0 Å². The Morgan fingerprint density at radius 3 is 2.24 bits per heavy atom. The second-order valence-electron chi connectivity index (χ2n) is 7.82. The third-order valence-electron chi connectivity index (χ3n) is 6.29. The molecule has 124 valence electrons. The molecule has 1 N–H and O–H groups in total. The summed E-state index contributed by atoms with van der Waals surface area (Å²) in [5, 5.41) is 10.4. The summed E-state index contributed by atoms with van der Waals surface area (Å²) < 4.78 is 0. The fourth-order valence-electron chi connectivity index (χ4n) is 4.72. The Morgan fingerprint density at radius 2 is 1.62 bits per heavy atom. The van der Waals surface area contributed by atoms with E-state index in [1.807, 2.05) is 0 Å². The highest BCUT2D eigenvalue weighted by Crippen LogP contribution is 2.34. The Morgan fingerprint density at radius 1 is 0.952 bits per heavy atom. The Balaban J connectivity index is 1.79. The highest BCUT2D eigenvalue weighted by atomic mass is 16.3. The first-order valence-corrected chi connectivity index (χ1v) is 9.52. The zero-order valence-corrected chi connectivity index (χ0v) is 14.6. The van der Waals surface area contributed by atoms with E-state index in [1.54, 1.807) is 0 Å². The molecule has 0 aromatic heterocycles. The SMILES string of the molecule is CCCC1CCC(O)C(CN(C)C2CCC(CC)CC2)C1. The van der Waals surface area contributed by atoms with Crippen molar-refractivity contribution in [1.29, 1.82) is 0 Å². The highest BCUT2D eigenvalue weighted by Gasteiger charge is 2.31. The monoisotopic (exact) mass is 295 g/mol. The van der Waals surface area contributed by atoms with Gasteiger partial charge in [0.1, 0.15) is 0 Å². The van der Waals surface area contributed by atoms with E-state index in [2.05, 4.69) is 25.8 Å². The molecular weight excluding hydrogens is 258 g/mol. The van der Waals surface area contributed by atoms with Gasteiger partial charge >= 0.3 is 0 Å². The molecule has 0 saturated heterocycles. The summed E-state index contributed by atoms with van der Waals surface area (Å²) >= 11 is 0. The second kappa shape index (κ2) is 8.53. The average Bonchev–Trinajstić information content (AvgIpc) is 2.51. The van der Waals surface area contributed by atoms with E-state index in [4.69, 9.17) is 0 Å². The van der Waals surface area contributed by atoms with E-state index >= 15 is 0 Å². The summed E-state index contributed by atoms with van der Waals surface area (Å²) in [5.74, 6) is 2.36. The first-order chi connectivity index (χ1) is 10.1. The van der Waals surface area contributed by atoms with Crippen molar-refractivity contribution in [2.45, 2.75) is 90.2 Å². The molecule has 3 unspecified atom stereocenters. The number of aliphatic hydroxyl groups excluding tert-OH is 1. The molecule has 0 amide bonds. The molecule has 2 nitrogen and oxygen atoms in total. The van der Waals surface area contributed by atoms with E-state index in [-0.39, 0.29) is 6.10 Å². The maximum absolute atomic E-state index is 10.4. The summed E-state index contributed by atoms with van der Waals surface area (Å²) in [5.41, 5.74) is 0. The smallest absolute Gasteiger partial charge is 0.0580 e. The molecule has 2 rings (SSSR count).